The highest BCUT2D eigenvalue weighted by molar-refractivity contribution is 5.78. The number of piperazine rings is 1. The average molecular weight is 415 g/mol. The van der Waals surface area contributed by atoms with E-state index in [-0.39, 0.29) is 35.9 Å². The van der Waals surface area contributed by atoms with E-state index in [2.05, 4.69) is 4.90 Å². The van der Waals surface area contributed by atoms with Gasteiger partial charge in [0, 0.05) is 39.0 Å². The van der Waals surface area contributed by atoms with Gasteiger partial charge in [-0.3, -0.25) is 14.5 Å². The van der Waals surface area contributed by atoms with Crippen LogP contribution in [0.2, 0.25) is 0 Å². The number of carbonyl (C=O) groups is 2. The molecule has 0 aromatic heterocycles. The fourth-order valence-electron chi connectivity index (χ4n) is 3.98. The highest BCUT2D eigenvalue weighted by Gasteiger charge is 2.28. The predicted molar refractivity (Wildman–Crippen MR) is 110 cm³/mol. The van der Waals surface area contributed by atoms with Crippen LogP contribution in [0.4, 0.5) is 8.78 Å². The van der Waals surface area contributed by atoms with E-state index in [0.29, 0.717) is 32.6 Å². The van der Waals surface area contributed by atoms with Crippen LogP contribution < -0.4 is 5.73 Å². The van der Waals surface area contributed by atoms with E-state index < -0.39 is 5.91 Å². The maximum atomic E-state index is 13.4. The lowest BCUT2D eigenvalue weighted by atomic mass is 9.96. The highest BCUT2D eigenvalue weighted by atomic mass is 19.1. The Morgan fingerprint density at radius 2 is 1.33 bits per heavy atom. The van der Waals surface area contributed by atoms with Crippen LogP contribution in [0, 0.1) is 17.6 Å². The summed E-state index contributed by atoms with van der Waals surface area (Å²) in [6.07, 6.45) is 0.491. The molecule has 2 N–H and O–H groups in total. The molecule has 2 amide bonds. The molecule has 5 nitrogen and oxygen atoms in total. The van der Waals surface area contributed by atoms with Crippen molar-refractivity contribution in [1.29, 1.82) is 0 Å². The highest BCUT2D eigenvalue weighted by Crippen LogP contribution is 2.30. The van der Waals surface area contributed by atoms with Crippen molar-refractivity contribution < 1.29 is 18.4 Å². The Kier molecular flexibility index (Phi) is 7.15. The van der Waals surface area contributed by atoms with Gasteiger partial charge in [0.2, 0.25) is 11.8 Å². The summed E-state index contributed by atoms with van der Waals surface area (Å²) >= 11 is 0. The van der Waals surface area contributed by atoms with Gasteiger partial charge in [-0.05, 0) is 41.3 Å². The van der Waals surface area contributed by atoms with Crippen LogP contribution in [0.3, 0.4) is 0 Å². The first-order chi connectivity index (χ1) is 14.3. The minimum Gasteiger partial charge on any atom is -0.370 e. The molecule has 3 rings (SSSR count). The molecule has 0 bridgehead atoms. The van der Waals surface area contributed by atoms with E-state index in [1.165, 1.54) is 24.3 Å². The van der Waals surface area contributed by atoms with Gasteiger partial charge in [0.25, 0.3) is 0 Å². The molecule has 7 heteroatoms. The third-order valence-electron chi connectivity index (χ3n) is 5.48. The van der Waals surface area contributed by atoms with Crippen molar-refractivity contribution in [3.8, 4) is 0 Å². The minimum absolute atomic E-state index is 0.0171. The van der Waals surface area contributed by atoms with E-state index in [1.807, 2.05) is 6.92 Å². The number of nitrogens with zero attached hydrogens (tertiary/aromatic N) is 2. The molecule has 0 radical (unpaired) electrons. The van der Waals surface area contributed by atoms with Gasteiger partial charge in [-0.2, -0.15) is 0 Å². The van der Waals surface area contributed by atoms with Gasteiger partial charge in [0.15, 0.2) is 0 Å². The molecule has 2 aromatic carbocycles. The van der Waals surface area contributed by atoms with Crippen molar-refractivity contribution in [1.82, 2.24) is 9.80 Å². The molecular formula is C23H27F2N3O2. The van der Waals surface area contributed by atoms with E-state index in [4.69, 9.17) is 5.73 Å². The number of primary amides is 1. The average Bonchev–Trinajstić information content (AvgIpc) is 2.71. The minimum atomic E-state index is -0.401. The Bertz CT molecular complexity index is 818. The predicted octanol–water partition coefficient (Wildman–Crippen LogP) is 3.10. The van der Waals surface area contributed by atoms with Crippen molar-refractivity contribution in [3.63, 3.8) is 0 Å². The molecule has 1 fully saturated rings. The third kappa shape index (κ3) is 5.63. The van der Waals surface area contributed by atoms with Gasteiger partial charge >= 0.3 is 0 Å². The standard InChI is InChI=1S/C23H27F2N3O2/c1-16(14-21(26)29)15-22(30)27-10-12-28(13-11-27)23(17-2-6-19(24)7-3-17)18-4-8-20(25)9-5-18/h2-9,16,23H,10-15H2,1H3,(H2,26,29). The van der Waals surface area contributed by atoms with Crippen LogP contribution in [-0.2, 0) is 9.59 Å². The van der Waals surface area contributed by atoms with Crippen molar-refractivity contribution in [2.75, 3.05) is 26.2 Å². The number of hydrogen-bond donors (Lipinski definition) is 1. The smallest absolute Gasteiger partial charge is 0.222 e. The SMILES string of the molecule is CC(CC(N)=O)CC(=O)N1CCN(C(c2ccc(F)cc2)c2ccc(F)cc2)CC1. The van der Waals surface area contributed by atoms with Crippen LogP contribution >= 0.6 is 0 Å². The normalized spacial score (nSPS) is 15.9. The number of rotatable bonds is 7. The summed E-state index contributed by atoms with van der Waals surface area (Å²) in [6.45, 7) is 4.23. The van der Waals surface area contributed by atoms with Crippen molar-refractivity contribution in [2.24, 2.45) is 11.7 Å². The summed E-state index contributed by atoms with van der Waals surface area (Å²) < 4.78 is 26.9. The zero-order chi connectivity index (χ0) is 21.7. The molecule has 0 saturated carbocycles. The number of nitrogens with two attached hydrogens (primary N) is 1. The lowest BCUT2D eigenvalue weighted by Crippen LogP contribution is -2.50. The number of carbonyl (C=O) groups excluding carboxylic acids is 2. The molecule has 1 saturated heterocycles. The molecule has 2 aromatic rings. The summed E-state index contributed by atoms with van der Waals surface area (Å²) in [6, 6.07) is 12.5. The Hall–Kier alpha value is -2.80. The Morgan fingerprint density at radius 1 is 0.867 bits per heavy atom. The maximum Gasteiger partial charge on any atom is 0.222 e. The summed E-state index contributed by atoms with van der Waals surface area (Å²) in [7, 11) is 0. The molecule has 0 spiro atoms. The molecule has 1 unspecified atom stereocenters. The first-order valence-electron chi connectivity index (χ1n) is 10.1. The van der Waals surface area contributed by atoms with Crippen LogP contribution in [-0.4, -0.2) is 47.8 Å². The van der Waals surface area contributed by atoms with Crippen LogP contribution in [0.15, 0.2) is 48.5 Å². The topological polar surface area (TPSA) is 66.6 Å². The number of halogens is 2. The fraction of sp³-hybridized carbons (Fsp3) is 0.391. The summed E-state index contributed by atoms with van der Waals surface area (Å²) in [5.74, 6) is -1.08. The zero-order valence-electron chi connectivity index (χ0n) is 17.1. The van der Waals surface area contributed by atoms with Gasteiger partial charge in [0.1, 0.15) is 11.6 Å². The molecule has 30 heavy (non-hydrogen) atoms. The monoisotopic (exact) mass is 415 g/mol. The van der Waals surface area contributed by atoms with Crippen LogP contribution in [0.1, 0.15) is 36.9 Å². The lowest BCUT2D eigenvalue weighted by molar-refractivity contribution is -0.134. The first-order valence-corrected chi connectivity index (χ1v) is 10.1. The molecule has 1 aliphatic rings. The van der Waals surface area contributed by atoms with Crippen molar-refractivity contribution in [2.45, 2.75) is 25.8 Å². The molecule has 1 aliphatic heterocycles. The number of amides is 2. The second-order valence-electron chi connectivity index (χ2n) is 7.90. The van der Waals surface area contributed by atoms with Gasteiger partial charge in [-0.1, -0.05) is 31.2 Å². The van der Waals surface area contributed by atoms with Gasteiger partial charge in [-0.25, -0.2) is 8.78 Å². The summed E-state index contributed by atoms with van der Waals surface area (Å²) in [4.78, 5) is 27.6. The van der Waals surface area contributed by atoms with Crippen molar-refractivity contribution in [3.05, 3.63) is 71.3 Å². The molecule has 160 valence electrons. The second-order valence-corrected chi connectivity index (χ2v) is 7.90. The van der Waals surface area contributed by atoms with E-state index in [9.17, 15) is 18.4 Å². The van der Waals surface area contributed by atoms with Gasteiger partial charge in [0.05, 0.1) is 6.04 Å². The summed E-state index contributed by atoms with van der Waals surface area (Å²) in [5.41, 5.74) is 7.04. The van der Waals surface area contributed by atoms with Crippen molar-refractivity contribution >= 4 is 11.8 Å². The largest absolute Gasteiger partial charge is 0.370 e. The lowest BCUT2D eigenvalue weighted by Gasteiger charge is -2.40. The fourth-order valence-corrected chi connectivity index (χ4v) is 3.98. The van der Waals surface area contributed by atoms with Gasteiger partial charge < -0.3 is 10.6 Å². The van der Waals surface area contributed by atoms with E-state index >= 15 is 0 Å². The second kappa shape index (κ2) is 9.80. The third-order valence-corrected chi connectivity index (χ3v) is 5.48. The quantitative estimate of drug-likeness (QED) is 0.756. The van der Waals surface area contributed by atoms with Gasteiger partial charge in [-0.15, -0.1) is 0 Å². The molecule has 0 aliphatic carbocycles. The van der Waals surface area contributed by atoms with E-state index in [1.54, 1.807) is 29.2 Å². The summed E-state index contributed by atoms with van der Waals surface area (Å²) in [5, 5.41) is 0. The molecule has 1 heterocycles. The number of benzene rings is 2. The zero-order valence-corrected chi connectivity index (χ0v) is 17.1. The van der Waals surface area contributed by atoms with E-state index in [0.717, 1.165) is 11.1 Å². The first kappa shape index (κ1) is 21.9. The van der Waals surface area contributed by atoms with Crippen LogP contribution in [0.25, 0.3) is 0 Å². The van der Waals surface area contributed by atoms with Crippen LogP contribution in [0.5, 0.6) is 0 Å². The Morgan fingerprint density at radius 3 is 1.77 bits per heavy atom. The Balaban J connectivity index is 1.70. The maximum absolute atomic E-state index is 13.4. The molecule has 1 atom stereocenters. The Labute approximate surface area is 175 Å². The molecular weight excluding hydrogens is 388 g/mol. The number of hydrogen-bond acceptors (Lipinski definition) is 3.